The van der Waals surface area contributed by atoms with Crippen LogP contribution in [0.25, 0.3) is 49.7 Å². The van der Waals surface area contributed by atoms with Crippen LogP contribution in [0, 0.1) is 0 Å². The summed E-state index contributed by atoms with van der Waals surface area (Å²) in [5.74, 6) is 0. The number of hydrogen-bond acceptors (Lipinski definition) is 3. The van der Waals surface area contributed by atoms with E-state index in [1.165, 1.54) is 32.9 Å². The molecule has 0 amide bonds. The van der Waals surface area contributed by atoms with Crippen LogP contribution in [0.15, 0.2) is 194 Å². The first-order valence-corrected chi connectivity index (χ1v) is 17.3. The minimum absolute atomic E-state index is 1.11. The Kier molecular flexibility index (Phi) is 6.78. The molecule has 51 heavy (non-hydrogen) atoms. The van der Waals surface area contributed by atoms with Crippen molar-refractivity contribution in [3.8, 4) is 27.9 Å². The molecular formula is C47H32N4. The van der Waals surface area contributed by atoms with Crippen molar-refractivity contribution in [2.75, 3.05) is 9.80 Å². The number of benzene rings is 7. The topological polar surface area (TPSA) is 24.3 Å². The molecule has 0 bridgehead atoms. The molecule has 2 aromatic heterocycles. The van der Waals surface area contributed by atoms with Crippen molar-refractivity contribution in [1.29, 1.82) is 0 Å². The molecule has 0 spiro atoms. The van der Waals surface area contributed by atoms with Gasteiger partial charge in [-0.15, -0.1) is 0 Å². The van der Waals surface area contributed by atoms with Crippen LogP contribution in [0.3, 0.4) is 0 Å². The van der Waals surface area contributed by atoms with Gasteiger partial charge in [0.25, 0.3) is 0 Å². The third-order valence-corrected chi connectivity index (χ3v) is 9.98. The summed E-state index contributed by atoms with van der Waals surface area (Å²) in [6, 6.07) is 65.4. The summed E-state index contributed by atoms with van der Waals surface area (Å²) < 4.78 is 2.38. The third kappa shape index (κ3) is 4.80. The maximum Gasteiger partial charge on any atom is 0.0709 e. The number of hydrogen-bond donors (Lipinski definition) is 0. The highest BCUT2D eigenvalue weighted by atomic mass is 15.3. The fourth-order valence-corrected chi connectivity index (χ4v) is 7.65. The van der Waals surface area contributed by atoms with E-state index >= 15 is 0 Å². The van der Waals surface area contributed by atoms with Gasteiger partial charge in [-0.2, -0.15) is 0 Å². The first kappa shape index (κ1) is 29.0. The van der Waals surface area contributed by atoms with Gasteiger partial charge in [-0.3, -0.25) is 4.98 Å². The van der Waals surface area contributed by atoms with E-state index in [0.29, 0.717) is 0 Å². The van der Waals surface area contributed by atoms with Crippen molar-refractivity contribution >= 4 is 55.9 Å². The lowest BCUT2D eigenvalue weighted by molar-refractivity contribution is 1.17. The largest absolute Gasteiger partial charge is 0.309 e. The zero-order valence-electron chi connectivity index (χ0n) is 27.8. The lowest BCUT2D eigenvalue weighted by atomic mass is 9.98. The fraction of sp³-hybridized carbons (Fsp3) is 0. The monoisotopic (exact) mass is 652 g/mol. The van der Waals surface area contributed by atoms with Crippen LogP contribution in [0.1, 0.15) is 0 Å². The molecule has 0 aliphatic carbocycles. The second-order valence-corrected chi connectivity index (χ2v) is 12.9. The molecule has 1 aliphatic heterocycles. The van der Waals surface area contributed by atoms with Gasteiger partial charge in [0.1, 0.15) is 0 Å². The molecule has 1 aliphatic rings. The summed E-state index contributed by atoms with van der Waals surface area (Å²) in [5, 5.41) is 2.46. The van der Waals surface area contributed by atoms with Gasteiger partial charge in [0.2, 0.25) is 0 Å². The number of aromatic nitrogens is 2. The van der Waals surface area contributed by atoms with Crippen molar-refractivity contribution in [1.82, 2.24) is 9.55 Å². The van der Waals surface area contributed by atoms with Crippen LogP contribution in [0.5, 0.6) is 0 Å². The molecule has 0 fully saturated rings. The van der Waals surface area contributed by atoms with Gasteiger partial charge in [-0.1, -0.05) is 97.1 Å². The summed E-state index contributed by atoms with van der Waals surface area (Å²) in [6.07, 6.45) is 3.72. The Morgan fingerprint density at radius 3 is 1.61 bits per heavy atom. The van der Waals surface area contributed by atoms with Crippen molar-refractivity contribution in [2.45, 2.75) is 0 Å². The number of fused-ring (bicyclic) bond motifs is 5. The maximum absolute atomic E-state index is 4.31. The fourth-order valence-electron chi connectivity index (χ4n) is 7.65. The van der Waals surface area contributed by atoms with Crippen molar-refractivity contribution in [3.63, 3.8) is 0 Å². The molecule has 4 nitrogen and oxygen atoms in total. The molecule has 0 saturated carbocycles. The summed E-state index contributed by atoms with van der Waals surface area (Å²) in [5.41, 5.74) is 14.9. The number of rotatable bonds is 5. The van der Waals surface area contributed by atoms with Gasteiger partial charge in [0.15, 0.2) is 0 Å². The van der Waals surface area contributed by atoms with Crippen LogP contribution >= 0.6 is 0 Å². The van der Waals surface area contributed by atoms with E-state index < -0.39 is 0 Å². The first-order chi connectivity index (χ1) is 25.3. The van der Waals surface area contributed by atoms with Crippen LogP contribution in [0.4, 0.5) is 34.1 Å². The standard InChI is InChI=1S/C47H32N4/c1-3-13-37(14-4-1)50-44-19-9-10-20-45(44)51(38-15-5-2-6-16-38)47-31-35(24-28-46(47)50)34-23-27-43-41(30-34)40-17-7-8-18-42(40)49(43)39-25-21-33(22-26-39)36-12-11-29-48-32-36/h1-32H. The van der Waals surface area contributed by atoms with Crippen LogP contribution < -0.4 is 9.80 Å². The SMILES string of the molecule is c1ccc(N2c3ccccc3N(c3ccccc3)c3cc(-c4ccc5c(c4)c4ccccc4n5-c4ccc(-c5cccnc5)cc4)ccc32)cc1. The highest BCUT2D eigenvalue weighted by Gasteiger charge is 2.30. The molecule has 0 unspecified atom stereocenters. The predicted octanol–water partition coefficient (Wildman–Crippen LogP) is 12.8. The van der Waals surface area contributed by atoms with E-state index in [1.54, 1.807) is 0 Å². The minimum atomic E-state index is 1.11. The molecule has 7 aromatic carbocycles. The first-order valence-electron chi connectivity index (χ1n) is 17.3. The highest BCUT2D eigenvalue weighted by Crippen LogP contribution is 2.54. The molecule has 0 N–H and O–H groups in total. The van der Waals surface area contributed by atoms with Gasteiger partial charge in [0, 0.05) is 40.2 Å². The number of nitrogens with zero attached hydrogens (tertiary/aromatic N) is 4. The van der Waals surface area contributed by atoms with Crippen molar-refractivity contribution < 1.29 is 0 Å². The van der Waals surface area contributed by atoms with Gasteiger partial charge >= 0.3 is 0 Å². The third-order valence-electron chi connectivity index (χ3n) is 9.98. The Hall–Kier alpha value is -6.91. The van der Waals surface area contributed by atoms with Crippen LogP contribution in [-0.2, 0) is 0 Å². The normalized spacial score (nSPS) is 12.2. The van der Waals surface area contributed by atoms with E-state index in [-0.39, 0.29) is 0 Å². The van der Waals surface area contributed by atoms with E-state index in [2.05, 4.69) is 195 Å². The van der Waals surface area contributed by atoms with Crippen LogP contribution in [0.2, 0.25) is 0 Å². The molecular weight excluding hydrogens is 621 g/mol. The molecule has 0 radical (unpaired) electrons. The lowest BCUT2D eigenvalue weighted by Crippen LogP contribution is -2.24. The van der Waals surface area contributed by atoms with E-state index in [0.717, 1.165) is 50.9 Å². The second-order valence-electron chi connectivity index (χ2n) is 12.9. The molecule has 4 heteroatoms. The predicted molar refractivity (Wildman–Crippen MR) is 212 cm³/mol. The summed E-state index contributed by atoms with van der Waals surface area (Å²) >= 11 is 0. The van der Waals surface area contributed by atoms with Gasteiger partial charge in [-0.05, 0) is 107 Å². The molecule has 9 aromatic rings. The van der Waals surface area contributed by atoms with Gasteiger partial charge < -0.3 is 14.4 Å². The number of pyridine rings is 1. The molecule has 3 heterocycles. The Morgan fingerprint density at radius 2 is 0.902 bits per heavy atom. The quantitative estimate of drug-likeness (QED) is 0.185. The Balaban J connectivity index is 1.13. The highest BCUT2D eigenvalue weighted by molar-refractivity contribution is 6.11. The van der Waals surface area contributed by atoms with E-state index in [4.69, 9.17) is 0 Å². The second kappa shape index (κ2) is 11.9. The van der Waals surface area contributed by atoms with Crippen molar-refractivity contribution in [3.05, 3.63) is 194 Å². The smallest absolute Gasteiger partial charge is 0.0709 e. The zero-order valence-corrected chi connectivity index (χ0v) is 27.8. The van der Waals surface area contributed by atoms with E-state index in [9.17, 15) is 0 Å². The molecule has 240 valence electrons. The van der Waals surface area contributed by atoms with E-state index in [1.807, 2.05) is 18.5 Å². The van der Waals surface area contributed by atoms with Gasteiger partial charge in [0.05, 0.1) is 33.8 Å². The average Bonchev–Trinajstić information content (AvgIpc) is 3.54. The zero-order chi connectivity index (χ0) is 33.7. The molecule has 0 saturated heterocycles. The number of anilines is 6. The Labute approximate surface area is 296 Å². The van der Waals surface area contributed by atoms with Crippen molar-refractivity contribution in [2.24, 2.45) is 0 Å². The summed E-state index contributed by atoms with van der Waals surface area (Å²) in [6.45, 7) is 0. The molecule has 0 atom stereocenters. The Bertz CT molecular complexity index is 2680. The summed E-state index contributed by atoms with van der Waals surface area (Å²) in [4.78, 5) is 9.08. The van der Waals surface area contributed by atoms with Crippen LogP contribution in [-0.4, -0.2) is 9.55 Å². The summed E-state index contributed by atoms with van der Waals surface area (Å²) in [7, 11) is 0. The minimum Gasteiger partial charge on any atom is -0.309 e. The maximum atomic E-state index is 4.31. The molecule has 10 rings (SSSR count). The number of para-hydroxylation sites is 5. The average molecular weight is 653 g/mol. The Morgan fingerprint density at radius 1 is 0.333 bits per heavy atom. The lowest BCUT2D eigenvalue weighted by Gasteiger charge is -2.40. The van der Waals surface area contributed by atoms with Gasteiger partial charge in [-0.25, -0.2) is 0 Å².